The Bertz CT molecular complexity index is 1580. The highest BCUT2D eigenvalue weighted by Crippen LogP contribution is 2.45. The van der Waals surface area contributed by atoms with E-state index in [4.69, 9.17) is 9.47 Å². The van der Waals surface area contributed by atoms with Crippen LogP contribution in [0.4, 0.5) is 0 Å². The molecule has 1 amide bonds. The molecule has 2 aromatic carbocycles. The fourth-order valence-electron chi connectivity index (χ4n) is 5.63. The maximum atomic E-state index is 13.1. The van der Waals surface area contributed by atoms with Crippen molar-refractivity contribution in [2.24, 2.45) is 0 Å². The second-order valence-electron chi connectivity index (χ2n) is 10.7. The minimum atomic E-state index is -3.25. The Kier molecular flexibility index (Phi) is 8.52. The van der Waals surface area contributed by atoms with Crippen molar-refractivity contribution in [3.8, 4) is 11.8 Å². The number of hydrogen-bond donors (Lipinski definition) is 1. The molecule has 8 nitrogen and oxygen atoms in total. The average molecular weight is 594 g/mol. The Morgan fingerprint density at radius 2 is 1.93 bits per heavy atom. The number of piperidine rings is 1. The van der Waals surface area contributed by atoms with Gasteiger partial charge >= 0.3 is 0 Å². The molecule has 3 heterocycles. The molecule has 1 fully saturated rings. The van der Waals surface area contributed by atoms with Gasteiger partial charge in [-0.05, 0) is 78.8 Å². The van der Waals surface area contributed by atoms with Gasteiger partial charge in [-0.15, -0.1) is 11.3 Å². The number of methoxy groups -OCH3 is 1. The number of aryl methyl sites for hydroxylation is 1. The number of rotatable bonds is 8. The topological polar surface area (TPSA) is 109 Å². The predicted molar refractivity (Wildman–Crippen MR) is 158 cm³/mol. The van der Waals surface area contributed by atoms with E-state index in [1.165, 1.54) is 21.8 Å². The van der Waals surface area contributed by atoms with Crippen LogP contribution in [0, 0.1) is 18.3 Å². The number of hydrogen-bond acceptors (Lipinski definition) is 8. The molecule has 0 atom stereocenters. The van der Waals surface area contributed by atoms with E-state index < -0.39 is 9.84 Å². The molecule has 216 valence electrons. The van der Waals surface area contributed by atoms with E-state index in [-0.39, 0.29) is 17.3 Å². The summed E-state index contributed by atoms with van der Waals surface area (Å²) in [6, 6.07) is 14.7. The summed E-state index contributed by atoms with van der Waals surface area (Å²) in [5, 5.41) is 12.4. The number of fused-ring (bicyclic) bond motifs is 2. The summed E-state index contributed by atoms with van der Waals surface area (Å²) in [7, 11) is -1.66. The summed E-state index contributed by atoms with van der Waals surface area (Å²) in [5.41, 5.74) is 4.45. The summed E-state index contributed by atoms with van der Waals surface area (Å²) in [4.78, 5) is 17.6. The van der Waals surface area contributed by atoms with Crippen LogP contribution < -0.4 is 10.1 Å². The lowest BCUT2D eigenvalue weighted by atomic mass is 9.85. The minimum Gasteiger partial charge on any atom is -0.495 e. The van der Waals surface area contributed by atoms with Crippen molar-refractivity contribution < 1.29 is 22.7 Å². The molecular formula is C31H35N3O5S2. The van der Waals surface area contributed by atoms with Gasteiger partial charge in [-0.3, -0.25) is 9.69 Å². The second kappa shape index (κ2) is 11.9. The van der Waals surface area contributed by atoms with Gasteiger partial charge in [0.05, 0.1) is 34.8 Å². The molecule has 0 aliphatic carbocycles. The van der Waals surface area contributed by atoms with E-state index >= 15 is 0 Å². The highest BCUT2D eigenvalue weighted by molar-refractivity contribution is 7.91. The molecule has 1 aromatic heterocycles. The molecule has 2 aliphatic rings. The molecule has 1 saturated heterocycles. The van der Waals surface area contributed by atoms with Gasteiger partial charge in [-0.1, -0.05) is 19.1 Å². The Morgan fingerprint density at radius 3 is 2.59 bits per heavy atom. The fourth-order valence-corrected chi connectivity index (χ4v) is 7.84. The van der Waals surface area contributed by atoms with Gasteiger partial charge in [0.2, 0.25) is 0 Å². The number of ether oxygens (including phenoxy) is 2. The zero-order valence-corrected chi connectivity index (χ0v) is 25.3. The Morgan fingerprint density at radius 1 is 1.20 bits per heavy atom. The van der Waals surface area contributed by atoms with Gasteiger partial charge in [-0.25, -0.2) is 8.42 Å². The first-order valence-electron chi connectivity index (χ1n) is 13.8. The number of thiophene rings is 1. The number of amides is 1. The van der Waals surface area contributed by atoms with Crippen molar-refractivity contribution in [3.63, 3.8) is 0 Å². The second-order valence-corrected chi connectivity index (χ2v) is 14.0. The number of sulfone groups is 1. The molecular weight excluding hydrogens is 558 g/mol. The van der Waals surface area contributed by atoms with Crippen LogP contribution in [0.2, 0.25) is 0 Å². The lowest BCUT2D eigenvalue weighted by Gasteiger charge is -2.43. The van der Waals surface area contributed by atoms with Gasteiger partial charge in [0.25, 0.3) is 5.91 Å². The number of carbonyl (C=O) groups is 1. The van der Waals surface area contributed by atoms with E-state index in [0.29, 0.717) is 34.2 Å². The number of nitriles is 1. The van der Waals surface area contributed by atoms with E-state index in [9.17, 15) is 18.5 Å². The SMILES string of the molecule is CCS(=O)(=O)c1ccc(CNC(=O)c2cc3c(s2)C2(CCN(Cc4cc(OC)c(C#N)cc4C)CC2)OCC3)cc1. The van der Waals surface area contributed by atoms with Gasteiger partial charge < -0.3 is 14.8 Å². The van der Waals surface area contributed by atoms with Crippen molar-refractivity contribution in [2.45, 2.75) is 56.7 Å². The maximum absolute atomic E-state index is 13.1. The highest BCUT2D eigenvalue weighted by Gasteiger charge is 2.42. The average Bonchev–Trinajstić information content (AvgIpc) is 3.44. The molecule has 5 rings (SSSR count). The van der Waals surface area contributed by atoms with Crippen LogP contribution in [0.1, 0.15) is 62.1 Å². The van der Waals surface area contributed by atoms with Crippen LogP contribution in [-0.4, -0.2) is 51.8 Å². The first-order valence-corrected chi connectivity index (χ1v) is 16.3. The third-order valence-corrected chi connectivity index (χ3v) is 11.3. The van der Waals surface area contributed by atoms with Gasteiger partial charge in [0.1, 0.15) is 17.4 Å². The van der Waals surface area contributed by atoms with Gasteiger partial charge in [0, 0.05) is 31.1 Å². The van der Waals surface area contributed by atoms with Crippen molar-refractivity contribution in [1.82, 2.24) is 10.2 Å². The number of nitrogens with zero attached hydrogens (tertiary/aromatic N) is 2. The maximum Gasteiger partial charge on any atom is 0.261 e. The van der Waals surface area contributed by atoms with E-state index in [2.05, 4.69) is 16.3 Å². The standard InChI is InChI=1S/C31H35N3O5S2/c1-4-41(36,37)26-7-5-22(6-8-26)19-33-30(35)28-17-23-9-14-39-31(29(23)40-28)10-12-34(13-11-31)20-25-16-27(38-3)24(18-32)15-21(25)2/h5-8,15-17H,4,9-14,19-20H2,1-3H3,(H,33,35). The number of carbonyl (C=O) groups excluding carboxylic acids is 1. The van der Waals surface area contributed by atoms with E-state index in [0.717, 1.165) is 55.6 Å². The molecule has 1 spiro atoms. The van der Waals surface area contributed by atoms with Crippen LogP contribution in [0.15, 0.2) is 47.4 Å². The fraction of sp³-hybridized carbons (Fsp3) is 0.419. The highest BCUT2D eigenvalue weighted by atomic mass is 32.2. The van der Waals surface area contributed by atoms with Crippen LogP contribution in [0.25, 0.3) is 0 Å². The van der Waals surface area contributed by atoms with Crippen LogP contribution in [0.3, 0.4) is 0 Å². The largest absolute Gasteiger partial charge is 0.495 e. The number of nitrogens with one attached hydrogen (secondary N) is 1. The van der Waals surface area contributed by atoms with Crippen LogP contribution in [0.5, 0.6) is 5.75 Å². The molecule has 1 N–H and O–H groups in total. The number of benzene rings is 2. The Hall–Kier alpha value is -3.23. The monoisotopic (exact) mass is 593 g/mol. The molecule has 41 heavy (non-hydrogen) atoms. The van der Waals surface area contributed by atoms with Crippen molar-refractivity contribution in [3.05, 3.63) is 80.0 Å². The minimum absolute atomic E-state index is 0.0569. The van der Waals surface area contributed by atoms with Crippen molar-refractivity contribution >= 4 is 27.1 Å². The quantitative estimate of drug-likeness (QED) is 0.403. The van der Waals surface area contributed by atoms with E-state index in [1.54, 1.807) is 38.3 Å². The summed E-state index contributed by atoms with van der Waals surface area (Å²) in [5.74, 6) is 0.529. The normalized spacial score (nSPS) is 16.6. The predicted octanol–water partition coefficient (Wildman–Crippen LogP) is 4.72. The smallest absolute Gasteiger partial charge is 0.261 e. The lowest BCUT2D eigenvalue weighted by Crippen LogP contribution is -2.45. The van der Waals surface area contributed by atoms with E-state index in [1.807, 2.05) is 25.1 Å². The molecule has 0 bridgehead atoms. The summed E-state index contributed by atoms with van der Waals surface area (Å²) >= 11 is 1.53. The van der Waals surface area contributed by atoms with Crippen LogP contribution >= 0.6 is 11.3 Å². The first-order chi connectivity index (χ1) is 19.7. The molecule has 10 heteroatoms. The lowest BCUT2D eigenvalue weighted by molar-refractivity contribution is -0.0961. The molecule has 0 saturated carbocycles. The Balaban J connectivity index is 1.23. The molecule has 2 aliphatic heterocycles. The summed E-state index contributed by atoms with van der Waals surface area (Å²) in [6.07, 6.45) is 2.49. The van der Waals surface area contributed by atoms with Crippen molar-refractivity contribution in [1.29, 1.82) is 5.26 Å². The number of likely N-dealkylation sites (tertiary alicyclic amines) is 1. The van der Waals surface area contributed by atoms with Crippen LogP contribution in [-0.2, 0) is 39.7 Å². The Labute approximate surface area is 245 Å². The van der Waals surface area contributed by atoms with Gasteiger partial charge in [0.15, 0.2) is 9.84 Å². The third-order valence-electron chi connectivity index (χ3n) is 8.15. The summed E-state index contributed by atoms with van der Waals surface area (Å²) in [6.45, 7) is 7.13. The van der Waals surface area contributed by atoms with Gasteiger partial charge in [-0.2, -0.15) is 5.26 Å². The third kappa shape index (κ3) is 6.04. The molecule has 3 aromatic rings. The zero-order chi connectivity index (χ0) is 29.2. The molecule has 0 radical (unpaired) electrons. The first kappa shape index (κ1) is 29.3. The zero-order valence-electron chi connectivity index (χ0n) is 23.7. The summed E-state index contributed by atoms with van der Waals surface area (Å²) < 4.78 is 36.0. The molecule has 0 unspecified atom stereocenters. The van der Waals surface area contributed by atoms with Crippen molar-refractivity contribution in [2.75, 3.05) is 32.6 Å².